The Morgan fingerprint density at radius 3 is 2.59 bits per heavy atom. The zero-order chi connectivity index (χ0) is 15.6. The number of likely N-dealkylation sites (tertiary alicyclic amines) is 1. The van der Waals surface area contributed by atoms with E-state index in [2.05, 4.69) is 5.32 Å². The van der Waals surface area contributed by atoms with Crippen LogP contribution in [-0.4, -0.2) is 49.8 Å². The van der Waals surface area contributed by atoms with Crippen molar-refractivity contribution in [2.24, 2.45) is 23.0 Å². The summed E-state index contributed by atoms with van der Waals surface area (Å²) in [4.78, 5) is 14.2. The number of ether oxygens (including phenoxy) is 1. The van der Waals surface area contributed by atoms with Crippen LogP contribution in [0.2, 0.25) is 0 Å². The van der Waals surface area contributed by atoms with Crippen LogP contribution in [0.5, 0.6) is 0 Å². The molecule has 0 aromatic heterocycles. The number of nitrogens with zero attached hydrogens (tertiary/aromatic N) is 1. The topological polar surface area (TPSA) is 67.6 Å². The Kier molecular flexibility index (Phi) is 4.93. The van der Waals surface area contributed by atoms with Crippen molar-refractivity contribution in [1.82, 2.24) is 10.2 Å². The molecule has 1 heterocycles. The molecule has 22 heavy (non-hydrogen) atoms. The van der Waals surface area contributed by atoms with Crippen molar-refractivity contribution in [3.8, 4) is 0 Å². The number of nitrogens with two attached hydrogens (primary N) is 1. The zero-order valence-electron chi connectivity index (χ0n) is 13.9. The fourth-order valence-electron chi connectivity index (χ4n) is 4.15. The Balaban J connectivity index is 1.40. The standard InChI is InChI=1S/C17H31N3O2/c1-2-22-15-12-20(11-14(15)9-18)16(21)19-10-13-3-5-17(6-4-13)7-8-17/h13-15H,2-12,18H2,1H3,(H,19,21)/t14-,15-/m1/s1. The fourth-order valence-corrected chi connectivity index (χ4v) is 4.15. The van der Waals surface area contributed by atoms with Gasteiger partial charge in [0.1, 0.15) is 0 Å². The predicted molar refractivity (Wildman–Crippen MR) is 86.6 cm³/mol. The maximum atomic E-state index is 12.4. The molecule has 1 aliphatic heterocycles. The van der Waals surface area contributed by atoms with E-state index in [4.69, 9.17) is 10.5 Å². The van der Waals surface area contributed by atoms with Crippen LogP contribution in [0, 0.1) is 17.3 Å². The van der Waals surface area contributed by atoms with Gasteiger partial charge in [-0.15, -0.1) is 0 Å². The third-order valence-corrected chi connectivity index (χ3v) is 6.02. The minimum absolute atomic E-state index is 0.0624. The van der Waals surface area contributed by atoms with Crippen LogP contribution in [0.25, 0.3) is 0 Å². The number of urea groups is 1. The van der Waals surface area contributed by atoms with Crippen molar-refractivity contribution in [3.05, 3.63) is 0 Å². The van der Waals surface area contributed by atoms with Crippen LogP contribution in [-0.2, 0) is 4.74 Å². The first-order chi connectivity index (χ1) is 10.7. The molecule has 0 aromatic carbocycles. The molecule has 2 aliphatic carbocycles. The molecule has 1 saturated heterocycles. The molecule has 3 aliphatic rings. The maximum absolute atomic E-state index is 12.4. The molecule has 0 aromatic rings. The molecule has 0 bridgehead atoms. The van der Waals surface area contributed by atoms with E-state index < -0.39 is 0 Å². The van der Waals surface area contributed by atoms with E-state index in [-0.39, 0.29) is 18.1 Å². The lowest BCUT2D eigenvalue weighted by Gasteiger charge is -2.29. The normalized spacial score (nSPS) is 30.7. The monoisotopic (exact) mass is 309 g/mol. The third kappa shape index (κ3) is 3.57. The van der Waals surface area contributed by atoms with Crippen molar-refractivity contribution >= 4 is 6.03 Å². The second kappa shape index (κ2) is 6.75. The maximum Gasteiger partial charge on any atom is 0.317 e. The number of hydrogen-bond donors (Lipinski definition) is 2. The van der Waals surface area contributed by atoms with Gasteiger partial charge in [0.05, 0.1) is 6.10 Å². The molecular weight excluding hydrogens is 278 g/mol. The minimum Gasteiger partial charge on any atom is -0.376 e. The van der Waals surface area contributed by atoms with Crippen LogP contribution in [0.1, 0.15) is 45.4 Å². The largest absolute Gasteiger partial charge is 0.376 e. The van der Waals surface area contributed by atoms with Gasteiger partial charge in [0.15, 0.2) is 0 Å². The van der Waals surface area contributed by atoms with Crippen molar-refractivity contribution in [2.45, 2.75) is 51.6 Å². The lowest BCUT2D eigenvalue weighted by molar-refractivity contribution is 0.0461. The summed E-state index contributed by atoms with van der Waals surface area (Å²) < 4.78 is 5.71. The van der Waals surface area contributed by atoms with E-state index in [1.54, 1.807) is 0 Å². The highest BCUT2D eigenvalue weighted by Crippen LogP contribution is 2.57. The Morgan fingerprint density at radius 2 is 2.00 bits per heavy atom. The number of amides is 2. The van der Waals surface area contributed by atoms with Crippen LogP contribution >= 0.6 is 0 Å². The van der Waals surface area contributed by atoms with Gasteiger partial charge in [0.25, 0.3) is 0 Å². The Hall–Kier alpha value is -0.810. The average Bonchev–Trinajstić information content (AvgIpc) is 3.16. The van der Waals surface area contributed by atoms with Crippen molar-refractivity contribution in [2.75, 3.05) is 32.8 Å². The summed E-state index contributed by atoms with van der Waals surface area (Å²) in [7, 11) is 0. The summed E-state index contributed by atoms with van der Waals surface area (Å²) in [6, 6.07) is 0.0624. The Labute approximate surface area is 133 Å². The molecule has 3 N–H and O–H groups in total. The lowest BCUT2D eigenvalue weighted by atomic mass is 9.80. The minimum atomic E-state index is 0.0624. The molecule has 2 atom stereocenters. The summed E-state index contributed by atoms with van der Waals surface area (Å²) in [5, 5.41) is 3.14. The molecule has 1 spiro atoms. The van der Waals surface area contributed by atoms with Gasteiger partial charge in [0.2, 0.25) is 0 Å². The summed E-state index contributed by atoms with van der Waals surface area (Å²) in [5.74, 6) is 0.945. The van der Waals surface area contributed by atoms with Crippen LogP contribution in [0.3, 0.4) is 0 Å². The second-order valence-electron chi connectivity index (χ2n) is 7.52. The third-order valence-electron chi connectivity index (χ3n) is 6.02. The average molecular weight is 309 g/mol. The Morgan fingerprint density at radius 1 is 1.27 bits per heavy atom. The van der Waals surface area contributed by atoms with Gasteiger partial charge in [-0.25, -0.2) is 4.79 Å². The highest BCUT2D eigenvalue weighted by atomic mass is 16.5. The van der Waals surface area contributed by atoms with Crippen LogP contribution in [0.15, 0.2) is 0 Å². The zero-order valence-corrected chi connectivity index (χ0v) is 13.9. The van der Waals surface area contributed by atoms with Crippen molar-refractivity contribution in [3.63, 3.8) is 0 Å². The van der Waals surface area contributed by atoms with E-state index in [1.807, 2.05) is 11.8 Å². The highest BCUT2D eigenvalue weighted by molar-refractivity contribution is 5.74. The Bertz CT molecular complexity index is 387. The molecule has 5 nitrogen and oxygen atoms in total. The number of nitrogens with one attached hydrogen (secondary N) is 1. The lowest BCUT2D eigenvalue weighted by Crippen LogP contribution is -2.41. The first-order valence-electron chi connectivity index (χ1n) is 9.00. The summed E-state index contributed by atoms with van der Waals surface area (Å²) in [6.45, 7) is 5.49. The van der Waals surface area contributed by atoms with E-state index >= 15 is 0 Å². The van der Waals surface area contributed by atoms with Crippen LogP contribution < -0.4 is 11.1 Å². The summed E-state index contributed by atoms with van der Waals surface area (Å²) >= 11 is 0. The molecule has 2 saturated carbocycles. The first-order valence-corrected chi connectivity index (χ1v) is 9.00. The molecule has 126 valence electrons. The molecule has 2 amide bonds. The van der Waals surface area contributed by atoms with Gasteiger partial charge in [-0.1, -0.05) is 0 Å². The predicted octanol–water partition coefficient (Wildman–Crippen LogP) is 1.96. The SMILES string of the molecule is CCO[C@@H]1CN(C(=O)NCC2CCC3(CC2)CC3)C[C@H]1CN. The van der Waals surface area contributed by atoms with Gasteiger partial charge in [-0.3, -0.25) is 0 Å². The van der Waals surface area contributed by atoms with Gasteiger partial charge in [-0.05, 0) is 63.3 Å². The van der Waals surface area contributed by atoms with Gasteiger partial charge in [-0.2, -0.15) is 0 Å². The van der Waals surface area contributed by atoms with E-state index in [1.165, 1.54) is 38.5 Å². The van der Waals surface area contributed by atoms with Crippen molar-refractivity contribution < 1.29 is 9.53 Å². The second-order valence-corrected chi connectivity index (χ2v) is 7.52. The summed E-state index contributed by atoms with van der Waals surface area (Å²) in [6.07, 6.45) is 8.31. The van der Waals surface area contributed by atoms with Gasteiger partial charge >= 0.3 is 6.03 Å². The smallest absolute Gasteiger partial charge is 0.317 e. The molecule has 0 radical (unpaired) electrons. The van der Waals surface area contributed by atoms with Gasteiger partial charge < -0.3 is 20.7 Å². The number of carbonyl (C=O) groups is 1. The molecule has 3 fully saturated rings. The van der Waals surface area contributed by atoms with Crippen molar-refractivity contribution in [1.29, 1.82) is 0 Å². The fraction of sp³-hybridized carbons (Fsp3) is 0.941. The van der Waals surface area contributed by atoms with Gasteiger partial charge in [0, 0.05) is 32.2 Å². The molecule has 3 rings (SSSR count). The highest BCUT2D eigenvalue weighted by Gasteiger charge is 2.44. The van der Waals surface area contributed by atoms with E-state index in [0.717, 1.165) is 18.5 Å². The number of carbonyl (C=O) groups excluding carboxylic acids is 1. The summed E-state index contributed by atoms with van der Waals surface area (Å²) in [5.41, 5.74) is 6.53. The molecule has 5 heteroatoms. The van der Waals surface area contributed by atoms with E-state index in [0.29, 0.717) is 25.6 Å². The first kappa shape index (κ1) is 16.1. The van der Waals surface area contributed by atoms with Crippen LogP contribution in [0.4, 0.5) is 4.79 Å². The number of hydrogen-bond acceptors (Lipinski definition) is 3. The number of rotatable bonds is 5. The van der Waals surface area contributed by atoms with E-state index in [9.17, 15) is 4.79 Å². The molecule has 0 unspecified atom stereocenters. The molecular formula is C17H31N3O2. The quantitative estimate of drug-likeness (QED) is 0.816.